The zero-order valence-corrected chi connectivity index (χ0v) is 8.34. The number of carboxylic acids is 1. The topological polar surface area (TPSA) is 73.5 Å². The van der Waals surface area contributed by atoms with Crippen molar-refractivity contribution in [1.29, 1.82) is 0 Å². The van der Waals surface area contributed by atoms with Gasteiger partial charge in [0.1, 0.15) is 18.1 Å². The van der Waals surface area contributed by atoms with Gasteiger partial charge in [0, 0.05) is 5.56 Å². The van der Waals surface area contributed by atoms with Crippen molar-refractivity contribution in [3.05, 3.63) is 47.7 Å². The molecule has 1 aromatic carbocycles. The fourth-order valence-electron chi connectivity index (χ4n) is 1.42. The Hall–Kier alpha value is -2.07. The smallest absolute Gasteiger partial charge is 0.134 e. The zero-order chi connectivity index (χ0) is 11.5. The third kappa shape index (κ3) is 1.97. The van der Waals surface area contributed by atoms with E-state index in [0.717, 1.165) is 0 Å². The predicted octanol–water partition coefficient (Wildman–Crippen LogP) is 0.802. The van der Waals surface area contributed by atoms with Gasteiger partial charge >= 0.3 is 0 Å². The highest BCUT2D eigenvalue weighted by Gasteiger charge is 2.04. The average molecular weight is 217 g/mol. The van der Waals surface area contributed by atoms with E-state index >= 15 is 0 Å². The van der Waals surface area contributed by atoms with Gasteiger partial charge in [-0.25, -0.2) is 0 Å². The number of aromatic carboxylic acids is 1. The van der Waals surface area contributed by atoms with E-state index in [1.165, 1.54) is 12.1 Å². The molecule has 4 heteroatoms. The van der Waals surface area contributed by atoms with Crippen LogP contribution in [0.2, 0.25) is 0 Å². The highest BCUT2D eigenvalue weighted by molar-refractivity contribution is 5.87. The van der Waals surface area contributed by atoms with Gasteiger partial charge in [-0.3, -0.25) is 0 Å². The number of benzene rings is 1. The van der Waals surface area contributed by atoms with Gasteiger partial charge in [-0.1, -0.05) is 18.2 Å². The summed E-state index contributed by atoms with van der Waals surface area (Å²) in [6.45, 7) is -0.180. The average Bonchev–Trinajstić information content (AvgIpc) is 2.77. The van der Waals surface area contributed by atoms with Crippen molar-refractivity contribution in [3.63, 3.8) is 0 Å². The molecule has 0 spiro atoms. The second kappa shape index (κ2) is 4.20. The molecule has 0 aliphatic carbocycles. The van der Waals surface area contributed by atoms with E-state index in [0.29, 0.717) is 17.1 Å². The molecular formula is C12H9O4-. The largest absolute Gasteiger partial charge is 0.545 e. The van der Waals surface area contributed by atoms with Crippen LogP contribution in [0.3, 0.4) is 0 Å². The summed E-state index contributed by atoms with van der Waals surface area (Å²) in [6, 6.07) is 9.58. The molecule has 0 saturated heterocycles. The lowest BCUT2D eigenvalue weighted by atomic mass is 10.1. The molecule has 0 radical (unpaired) electrons. The van der Waals surface area contributed by atoms with Crippen LogP contribution in [0.1, 0.15) is 16.1 Å². The van der Waals surface area contributed by atoms with Crippen molar-refractivity contribution < 1.29 is 19.4 Å². The number of hydrogen-bond acceptors (Lipinski definition) is 4. The lowest BCUT2D eigenvalue weighted by Crippen LogP contribution is -2.22. The van der Waals surface area contributed by atoms with Crippen LogP contribution in [-0.2, 0) is 6.61 Å². The van der Waals surface area contributed by atoms with Gasteiger partial charge in [0.2, 0.25) is 0 Å². The van der Waals surface area contributed by atoms with Gasteiger partial charge in [-0.2, -0.15) is 0 Å². The number of aliphatic hydroxyl groups excluding tert-OH is 1. The van der Waals surface area contributed by atoms with E-state index in [1.54, 1.807) is 24.3 Å². The predicted molar refractivity (Wildman–Crippen MR) is 54.4 cm³/mol. The highest BCUT2D eigenvalue weighted by atomic mass is 16.4. The number of carbonyl (C=O) groups is 1. The molecule has 0 amide bonds. The van der Waals surface area contributed by atoms with Crippen LogP contribution in [0, 0.1) is 0 Å². The summed E-state index contributed by atoms with van der Waals surface area (Å²) in [6.07, 6.45) is 0. The van der Waals surface area contributed by atoms with E-state index in [9.17, 15) is 9.90 Å². The lowest BCUT2D eigenvalue weighted by Gasteiger charge is -2.03. The first-order chi connectivity index (χ1) is 7.70. The van der Waals surface area contributed by atoms with Gasteiger partial charge in [-0.05, 0) is 23.8 Å². The quantitative estimate of drug-likeness (QED) is 0.825. The summed E-state index contributed by atoms with van der Waals surface area (Å²) in [4.78, 5) is 10.7. The number of hydrogen-bond donors (Lipinski definition) is 1. The number of aliphatic hydroxyl groups is 1. The number of carbonyl (C=O) groups excluding carboxylic acids is 1. The molecule has 0 saturated carbocycles. The van der Waals surface area contributed by atoms with Gasteiger partial charge in [0.15, 0.2) is 0 Å². The second-order valence-electron chi connectivity index (χ2n) is 3.29. The first-order valence-electron chi connectivity index (χ1n) is 4.72. The van der Waals surface area contributed by atoms with Gasteiger partial charge in [-0.15, -0.1) is 0 Å². The van der Waals surface area contributed by atoms with Crippen molar-refractivity contribution in [3.8, 4) is 11.3 Å². The van der Waals surface area contributed by atoms with Gasteiger partial charge in [0.05, 0.1) is 5.97 Å². The minimum atomic E-state index is -1.23. The molecule has 0 unspecified atom stereocenters. The Balaban J connectivity index is 2.40. The van der Waals surface area contributed by atoms with Crippen LogP contribution >= 0.6 is 0 Å². The molecule has 4 nitrogen and oxygen atoms in total. The van der Waals surface area contributed by atoms with E-state index in [1.807, 2.05) is 0 Å². The van der Waals surface area contributed by atoms with Crippen LogP contribution < -0.4 is 5.11 Å². The molecule has 16 heavy (non-hydrogen) atoms. The zero-order valence-electron chi connectivity index (χ0n) is 8.34. The Labute approximate surface area is 91.8 Å². The fraction of sp³-hybridized carbons (Fsp3) is 0.0833. The Morgan fingerprint density at radius 2 is 2.12 bits per heavy atom. The van der Waals surface area contributed by atoms with Crippen molar-refractivity contribution >= 4 is 5.97 Å². The molecule has 2 rings (SSSR count). The number of rotatable bonds is 3. The highest BCUT2D eigenvalue weighted by Crippen LogP contribution is 2.22. The molecule has 0 fully saturated rings. The standard InChI is InChI=1S/C12H10O4/c13-7-10-4-5-11(16-10)8-2-1-3-9(6-8)12(14)15/h1-6,13H,7H2,(H,14,15)/p-1. The third-order valence-electron chi connectivity index (χ3n) is 2.20. The van der Waals surface area contributed by atoms with E-state index in [4.69, 9.17) is 9.52 Å². The van der Waals surface area contributed by atoms with Gasteiger partial charge < -0.3 is 19.4 Å². The maximum atomic E-state index is 10.7. The van der Waals surface area contributed by atoms with Crippen LogP contribution in [0.4, 0.5) is 0 Å². The van der Waals surface area contributed by atoms with Crippen molar-refractivity contribution in [2.45, 2.75) is 6.61 Å². The molecule has 0 atom stereocenters. The normalized spacial score (nSPS) is 10.3. The molecule has 2 aromatic rings. The number of furan rings is 1. The van der Waals surface area contributed by atoms with Crippen LogP contribution in [0.15, 0.2) is 40.8 Å². The molecule has 0 aliphatic heterocycles. The summed E-state index contributed by atoms with van der Waals surface area (Å²) in [5.41, 5.74) is 0.737. The van der Waals surface area contributed by atoms with Gasteiger partial charge in [0.25, 0.3) is 0 Å². The monoisotopic (exact) mass is 217 g/mol. The Kier molecular flexibility index (Phi) is 2.74. The second-order valence-corrected chi connectivity index (χ2v) is 3.29. The molecule has 82 valence electrons. The summed E-state index contributed by atoms with van der Waals surface area (Å²) in [5, 5.41) is 19.5. The van der Waals surface area contributed by atoms with Crippen LogP contribution in [0.5, 0.6) is 0 Å². The molecule has 1 heterocycles. The van der Waals surface area contributed by atoms with E-state index in [2.05, 4.69) is 0 Å². The number of carboxylic acid groups (broad SMARTS) is 1. The summed E-state index contributed by atoms with van der Waals surface area (Å²) in [7, 11) is 0. The SMILES string of the molecule is O=C([O-])c1cccc(-c2ccc(CO)o2)c1. The van der Waals surface area contributed by atoms with Crippen molar-refractivity contribution in [1.82, 2.24) is 0 Å². The molecule has 0 aliphatic rings. The minimum absolute atomic E-state index is 0.0967. The van der Waals surface area contributed by atoms with E-state index < -0.39 is 5.97 Å². The molecule has 1 aromatic heterocycles. The first-order valence-corrected chi connectivity index (χ1v) is 4.72. The summed E-state index contributed by atoms with van der Waals surface area (Å²) in [5.74, 6) is -0.267. The van der Waals surface area contributed by atoms with Crippen molar-refractivity contribution in [2.24, 2.45) is 0 Å². The van der Waals surface area contributed by atoms with Crippen LogP contribution in [0.25, 0.3) is 11.3 Å². The Bertz CT molecular complexity index is 513. The lowest BCUT2D eigenvalue weighted by molar-refractivity contribution is -0.255. The summed E-state index contributed by atoms with van der Waals surface area (Å²) >= 11 is 0. The molecular weight excluding hydrogens is 208 g/mol. The Morgan fingerprint density at radius 1 is 1.31 bits per heavy atom. The van der Waals surface area contributed by atoms with Crippen LogP contribution in [-0.4, -0.2) is 11.1 Å². The van der Waals surface area contributed by atoms with E-state index in [-0.39, 0.29) is 12.2 Å². The molecule has 0 bridgehead atoms. The fourth-order valence-corrected chi connectivity index (χ4v) is 1.42. The maximum absolute atomic E-state index is 10.7. The first kappa shape index (κ1) is 10.4. The molecule has 1 N–H and O–H groups in total. The Morgan fingerprint density at radius 3 is 2.75 bits per heavy atom. The maximum Gasteiger partial charge on any atom is 0.134 e. The third-order valence-corrected chi connectivity index (χ3v) is 2.20. The van der Waals surface area contributed by atoms with Crippen molar-refractivity contribution in [2.75, 3.05) is 0 Å². The summed E-state index contributed by atoms with van der Waals surface area (Å²) < 4.78 is 5.29. The minimum Gasteiger partial charge on any atom is -0.545 e.